The highest BCUT2D eigenvalue weighted by Crippen LogP contribution is 2.44. The van der Waals surface area contributed by atoms with Crippen molar-refractivity contribution in [1.82, 2.24) is 20.0 Å². The maximum Gasteiger partial charge on any atom is 0.232 e. The number of benzene rings is 1. The average molecular weight is 445 g/mol. The molecule has 0 unspecified atom stereocenters. The Morgan fingerprint density at radius 2 is 2.00 bits per heavy atom. The second-order valence-electron chi connectivity index (χ2n) is 9.17. The number of carbonyl (C=O) groups excluding carboxylic acids is 1. The molecule has 0 aliphatic carbocycles. The molecular weight excluding hydrogens is 416 g/mol. The molecule has 166 valence electrons. The second kappa shape index (κ2) is 7.89. The molecule has 2 atom stereocenters. The van der Waals surface area contributed by atoms with Gasteiger partial charge in [0.05, 0.1) is 36.6 Å². The standard InChI is InChI=1S/C23H28N4O3.ClH/c28-21(22-15-24-12-18(22)14-29-16-22)26-9-7-23(8-10-26)20-17(6-11-30-23)13-27(25-20)19-4-2-1-3-5-19;/h1-5,13,18,24H,6-12,14-16H2;1H/t18-,22-;/m0./s1. The van der Waals surface area contributed by atoms with E-state index in [0.29, 0.717) is 38.8 Å². The summed E-state index contributed by atoms with van der Waals surface area (Å²) in [6, 6.07) is 10.2. The minimum atomic E-state index is -0.373. The van der Waals surface area contributed by atoms with Crippen LogP contribution in [-0.2, 0) is 26.3 Å². The van der Waals surface area contributed by atoms with Gasteiger partial charge in [-0.25, -0.2) is 4.68 Å². The number of hydrogen-bond acceptors (Lipinski definition) is 5. The maximum absolute atomic E-state index is 13.5. The lowest BCUT2D eigenvalue weighted by Gasteiger charge is -2.44. The number of halogens is 1. The number of carbonyl (C=O) groups is 1. The van der Waals surface area contributed by atoms with Gasteiger partial charge in [-0.3, -0.25) is 4.79 Å². The van der Waals surface area contributed by atoms with Gasteiger partial charge in [-0.2, -0.15) is 5.10 Å². The van der Waals surface area contributed by atoms with Crippen molar-refractivity contribution in [3.05, 3.63) is 47.8 Å². The molecule has 1 aromatic carbocycles. The zero-order valence-corrected chi connectivity index (χ0v) is 18.4. The summed E-state index contributed by atoms with van der Waals surface area (Å²) in [5.74, 6) is 0.565. The molecule has 4 aliphatic heterocycles. The van der Waals surface area contributed by atoms with Crippen molar-refractivity contribution in [2.24, 2.45) is 11.3 Å². The first-order chi connectivity index (χ1) is 14.7. The van der Waals surface area contributed by atoms with Crippen LogP contribution in [0.15, 0.2) is 36.5 Å². The van der Waals surface area contributed by atoms with Crippen LogP contribution < -0.4 is 5.32 Å². The molecule has 1 aromatic heterocycles. The number of hydrogen-bond donors (Lipinski definition) is 1. The van der Waals surface area contributed by atoms with E-state index in [2.05, 4.69) is 23.6 Å². The number of para-hydroxylation sites is 1. The molecular formula is C23H29ClN4O3. The van der Waals surface area contributed by atoms with Gasteiger partial charge in [-0.1, -0.05) is 18.2 Å². The topological polar surface area (TPSA) is 68.6 Å². The summed E-state index contributed by atoms with van der Waals surface area (Å²) in [5.41, 5.74) is 2.66. The van der Waals surface area contributed by atoms with Crippen LogP contribution in [0.25, 0.3) is 5.69 Å². The molecule has 7 nitrogen and oxygen atoms in total. The van der Waals surface area contributed by atoms with Crippen LogP contribution in [0.3, 0.4) is 0 Å². The largest absolute Gasteiger partial charge is 0.380 e. The highest BCUT2D eigenvalue weighted by molar-refractivity contribution is 5.85. The number of likely N-dealkylation sites (tertiary alicyclic amines) is 1. The first-order valence-corrected chi connectivity index (χ1v) is 11.1. The minimum absolute atomic E-state index is 0. The first-order valence-electron chi connectivity index (χ1n) is 11.1. The Bertz CT molecular complexity index is 945. The highest BCUT2D eigenvalue weighted by Gasteiger charge is 2.55. The van der Waals surface area contributed by atoms with E-state index < -0.39 is 0 Å². The van der Waals surface area contributed by atoms with Crippen LogP contribution in [0.1, 0.15) is 24.1 Å². The Labute approximate surface area is 188 Å². The van der Waals surface area contributed by atoms with E-state index in [4.69, 9.17) is 14.6 Å². The van der Waals surface area contributed by atoms with E-state index in [-0.39, 0.29) is 29.3 Å². The Balaban J connectivity index is 0.00000204. The molecule has 3 fully saturated rings. The van der Waals surface area contributed by atoms with E-state index in [1.54, 1.807) is 0 Å². The van der Waals surface area contributed by atoms with Crippen LogP contribution in [-0.4, -0.2) is 66.6 Å². The van der Waals surface area contributed by atoms with Gasteiger partial charge in [0.25, 0.3) is 0 Å². The van der Waals surface area contributed by atoms with Gasteiger partial charge in [0.2, 0.25) is 5.91 Å². The fraction of sp³-hybridized carbons (Fsp3) is 0.565. The highest BCUT2D eigenvalue weighted by atomic mass is 35.5. The fourth-order valence-corrected chi connectivity index (χ4v) is 5.77. The zero-order chi connectivity index (χ0) is 20.2. The lowest BCUT2D eigenvalue weighted by atomic mass is 9.78. The molecule has 4 aliphatic rings. The van der Waals surface area contributed by atoms with Gasteiger partial charge in [-0.15, -0.1) is 12.4 Å². The Kier molecular flexibility index (Phi) is 5.33. The summed E-state index contributed by atoms with van der Waals surface area (Å²) in [6.07, 6.45) is 4.63. The normalized spacial score (nSPS) is 28.8. The number of amides is 1. The summed E-state index contributed by atoms with van der Waals surface area (Å²) in [7, 11) is 0. The molecule has 1 spiro atoms. The third-order valence-corrected chi connectivity index (χ3v) is 7.57. The lowest BCUT2D eigenvalue weighted by Crippen LogP contribution is -2.54. The summed E-state index contributed by atoms with van der Waals surface area (Å²) in [5, 5.41) is 8.36. The number of rotatable bonds is 2. The van der Waals surface area contributed by atoms with Crippen molar-refractivity contribution in [3.8, 4) is 5.69 Å². The summed E-state index contributed by atoms with van der Waals surface area (Å²) in [6.45, 7) is 5.00. The van der Waals surface area contributed by atoms with E-state index in [0.717, 1.165) is 43.7 Å². The molecule has 3 saturated heterocycles. The molecule has 8 heteroatoms. The summed E-state index contributed by atoms with van der Waals surface area (Å²) in [4.78, 5) is 15.5. The van der Waals surface area contributed by atoms with Crippen LogP contribution in [0.2, 0.25) is 0 Å². The molecule has 2 aromatic rings. The average Bonchev–Trinajstić information content (AvgIpc) is 3.49. The number of ether oxygens (including phenoxy) is 2. The lowest BCUT2D eigenvalue weighted by molar-refractivity contribution is -0.151. The van der Waals surface area contributed by atoms with Gasteiger partial charge in [-0.05, 0) is 37.0 Å². The SMILES string of the molecule is Cl.O=C(N1CCC2(CC1)OCCc1cn(-c3ccccc3)nc12)[C@]12CNC[C@H]1COC2. The van der Waals surface area contributed by atoms with Gasteiger partial charge >= 0.3 is 0 Å². The fourth-order valence-electron chi connectivity index (χ4n) is 5.77. The van der Waals surface area contributed by atoms with Crippen LogP contribution in [0, 0.1) is 11.3 Å². The van der Waals surface area contributed by atoms with Gasteiger partial charge in [0.1, 0.15) is 5.60 Å². The van der Waals surface area contributed by atoms with E-state index in [1.807, 2.05) is 27.8 Å². The molecule has 31 heavy (non-hydrogen) atoms. The van der Waals surface area contributed by atoms with Crippen molar-refractivity contribution in [1.29, 1.82) is 0 Å². The Hall–Kier alpha value is -1.93. The number of nitrogens with one attached hydrogen (secondary N) is 1. The van der Waals surface area contributed by atoms with Crippen molar-refractivity contribution in [2.75, 3.05) is 46.0 Å². The molecule has 1 N–H and O–H groups in total. The molecule has 0 saturated carbocycles. The van der Waals surface area contributed by atoms with Crippen LogP contribution in [0.5, 0.6) is 0 Å². The molecule has 1 amide bonds. The Morgan fingerprint density at radius 1 is 1.19 bits per heavy atom. The van der Waals surface area contributed by atoms with Gasteiger partial charge < -0.3 is 19.7 Å². The molecule has 0 bridgehead atoms. The molecule has 0 radical (unpaired) electrons. The number of aromatic nitrogens is 2. The quantitative estimate of drug-likeness (QED) is 0.766. The number of nitrogens with zero attached hydrogens (tertiary/aromatic N) is 3. The minimum Gasteiger partial charge on any atom is -0.380 e. The third-order valence-electron chi connectivity index (χ3n) is 7.57. The van der Waals surface area contributed by atoms with Crippen molar-refractivity contribution in [2.45, 2.75) is 24.9 Å². The molecule has 6 rings (SSSR count). The Morgan fingerprint density at radius 3 is 2.81 bits per heavy atom. The van der Waals surface area contributed by atoms with Crippen molar-refractivity contribution >= 4 is 18.3 Å². The third kappa shape index (κ3) is 3.21. The summed E-state index contributed by atoms with van der Waals surface area (Å²) < 4.78 is 14.0. The monoisotopic (exact) mass is 444 g/mol. The maximum atomic E-state index is 13.5. The second-order valence-corrected chi connectivity index (χ2v) is 9.17. The predicted molar refractivity (Wildman–Crippen MR) is 118 cm³/mol. The number of piperidine rings is 1. The smallest absolute Gasteiger partial charge is 0.232 e. The first kappa shape index (κ1) is 20.9. The van der Waals surface area contributed by atoms with E-state index in [9.17, 15) is 4.79 Å². The van der Waals surface area contributed by atoms with E-state index >= 15 is 0 Å². The predicted octanol–water partition coefficient (Wildman–Crippen LogP) is 1.92. The molecule has 5 heterocycles. The number of fused-ring (bicyclic) bond motifs is 3. The van der Waals surface area contributed by atoms with Crippen molar-refractivity contribution < 1.29 is 14.3 Å². The summed E-state index contributed by atoms with van der Waals surface area (Å²) >= 11 is 0. The van der Waals surface area contributed by atoms with Crippen LogP contribution in [0.4, 0.5) is 0 Å². The van der Waals surface area contributed by atoms with Gasteiger partial charge in [0.15, 0.2) is 0 Å². The van der Waals surface area contributed by atoms with Crippen molar-refractivity contribution in [3.63, 3.8) is 0 Å². The zero-order valence-electron chi connectivity index (χ0n) is 17.6. The van der Waals surface area contributed by atoms with Crippen LogP contribution >= 0.6 is 12.4 Å². The van der Waals surface area contributed by atoms with Gasteiger partial charge in [0, 0.05) is 38.3 Å². The van der Waals surface area contributed by atoms with E-state index in [1.165, 1.54) is 5.56 Å².